The largest absolute Gasteiger partial charge is 0.496 e. The van der Waals surface area contributed by atoms with Gasteiger partial charge in [0.05, 0.1) is 33.4 Å². The van der Waals surface area contributed by atoms with Crippen LogP contribution >= 0.6 is 0 Å². The number of ether oxygens (including phenoxy) is 3. The Morgan fingerprint density at radius 2 is 2.21 bits per heavy atom. The topological polar surface area (TPSA) is 44.8 Å². The minimum atomic E-state index is -0.524. The van der Waals surface area contributed by atoms with Crippen LogP contribution in [-0.2, 0) is 14.3 Å². The second kappa shape index (κ2) is 6.02. The predicted molar refractivity (Wildman–Crippen MR) is 66.6 cm³/mol. The van der Waals surface area contributed by atoms with Crippen LogP contribution in [0.5, 0.6) is 5.75 Å². The fourth-order valence-electron chi connectivity index (χ4n) is 2.22. The zero-order valence-corrected chi connectivity index (χ0v) is 11.0. The Morgan fingerprint density at radius 1 is 1.47 bits per heavy atom. The molecule has 0 spiro atoms. The van der Waals surface area contributed by atoms with Gasteiger partial charge in [-0.2, -0.15) is 0 Å². The normalized spacial score (nSPS) is 16.6. The molecular formula is C14H17FO4. The third-order valence-electron chi connectivity index (χ3n) is 3.33. The molecule has 0 aliphatic carbocycles. The fraction of sp³-hybridized carbons (Fsp3) is 0.500. The van der Waals surface area contributed by atoms with Gasteiger partial charge in [-0.25, -0.2) is 4.39 Å². The Kier molecular flexibility index (Phi) is 4.37. The van der Waals surface area contributed by atoms with Crippen molar-refractivity contribution in [2.24, 2.45) is 5.92 Å². The molecule has 0 aromatic heterocycles. The van der Waals surface area contributed by atoms with Crippen molar-refractivity contribution in [3.8, 4) is 5.75 Å². The first-order chi connectivity index (χ1) is 9.15. The molecule has 1 aromatic rings. The molecule has 1 atom stereocenters. The average molecular weight is 268 g/mol. The van der Waals surface area contributed by atoms with Crippen LogP contribution in [0.25, 0.3) is 0 Å². The first kappa shape index (κ1) is 13.8. The van der Waals surface area contributed by atoms with Gasteiger partial charge in [0.25, 0.3) is 0 Å². The Hall–Kier alpha value is -1.62. The summed E-state index contributed by atoms with van der Waals surface area (Å²) in [5.74, 6) is -0.496. The number of methoxy groups -OCH3 is 2. The van der Waals surface area contributed by atoms with Crippen molar-refractivity contribution in [1.29, 1.82) is 0 Å². The van der Waals surface area contributed by atoms with Crippen LogP contribution in [0.3, 0.4) is 0 Å². The van der Waals surface area contributed by atoms with Crippen molar-refractivity contribution in [2.45, 2.75) is 12.3 Å². The molecule has 0 saturated carbocycles. The van der Waals surface area contributed by atoms with E-state index in [1.807, 2.05) is 0 Å². The van der Waals surface area contributed by atoms with Crippen molar-refractivity contribution >= 4 is 5.97 Å². The number of hydrogen-bond donors (Lipinski definition) is 0. The highest BCUT2D eigenvalue weighted by Crippen LogP contribution is 2.34. The van der Waals surface area contributed by atoms with Gasteiger partial charge in [-0.05, 0) is 24.6 Å². The van der Waals surface area contributed by atoms with Crippen molar-refractivity contribution in [2.75, 3.05) is 27.4 Å². The molecule has 1 unspecified atom stereocenters. The maximum Gasteiger partial charge on any atom is 0.313 e. The SMILES string of the molecule is COC(=O)C(CC1COC1)c1cc(F)ccc1OC. The molecule has 2 rings (SSSR count). The molecule has 4 nitrogen and oxygen atoms in total. The summed E-state index contributed by atoms with van der Waals surface area (Å²) >= 11 is 0. The van der Waals surface area contributed by atoms with Gasteiger partial charge in [0, 0.05) is 11.5 Å². The summed E-state index contributed by atoms with van der Waals surface area (Å²) < 4.78 is 28.5. The summed E-state index contributed by atoms with van der Waals surface area (Å²) in [6.07, 6.45) is 0.576. The Morgan fingerprint density at radius 3 is 2.74 bits per heavy atom. The number of carbonyl (C=O) groups is 1. The summed E-state index contributed by atoms with van der Waals surface area (Å²) in [7, 11) is 2.83. The maximum absolute atomic E-state index is 13.4. The molecule has 104 valence electrons. The highest BCUT2D eigenvalue weighted by molar-refractivity contribution is 5.79. The van der Waals surface area contributed by atoms with E-state index in [-0.39, 0.29) is 5.97 Å². The zero-order valence-electron chi connectivity index (χ0n) is 11.0. The standard InChI is InChI=1S/C14H17FO4/c1-17-13-4-3-10(15)6-11(13)12(14(16)18-2)5-9-7-19-8-9/h3-4,6,9,12H,5,7-8H2,1-2H3. The van der Waals surface area contributed by atoms with Gasteiger partial charge in [-0.15, -0.1) is 0 Å². The molecule has 1 fully saturated rings. The number of rotatable bonds is 5. The van der Waals surface area contributed by atoms with E-state index >= 15 is 0 Å². The van der Waals surface area contributed by atoms with E-state index in [0.29, 0.717) is 36.9 Å². The van der Waals surface area contributed by atoms with Crippen LogP contribution in [0.4, 0.5) is 4.39 Å². The number of halogens is 1. The predicted octanol–water partition coefficient (Wildman–Crippen LogP) is 2.13. The minimum absolute atomic E-state index is 0.303. The molecule has 0 N–H and O–H groups in total. The highest BCUT2D eigenvalue weighted by Gasteiger charge is 2.31. The molecule has 0 amide bonds. The molecule has 1 aromatic carbocycles. The first-order valence-corrected chi connectivity index (χ1v) is 6.14. The molecule has 1 saturated heterocycles. The van der Waals surface area contributed by atoms with Crippen LogP contribution in [0.1, 0.15) is 17.9 Å². The van der Waals surface area contributed by atoms with Gasteiger partial charge in [0.1, 0.15) is 11.6 Å². The molecular weight excluding hydrogens is 251 g/mol. The number of esters is 1. The van der Waals surface area contributed by atoms with Crippen LogP contribution < -0.4 is 4.74 Å². The van der Waals surface area contributed by atoms with E-state index in [1.54, 1.807) is 0 Å². The van der Waals surface area contributed by atoms with Gasteiger partial charge in [-0.1, -0.05) is 0 Å². The number of benzene rings is 1. The van der Waals surface area contributed by atoms with Gasteiger partial charge in [-0.3, -0.25) is 4.79 Å². The third kappa shape index (κ3) is 3.04. The molecule has 19 heavy (non-hydrogen) atoms. The summed E-state index contributed by atoms with van der Waals surface area (Å²) in [4.78, 5) is 11.9. The second-order valence-corrected chi connectivity index (χ2v) is 4.60. The first-order valence-electron chi connectivity index (χ1n) is 6.14. The lowest BCUT2D eigenvalue weighted by Gasteiger charge is -2.29. The monoisotopic (exact) mass is 268 g/mol. The third-order valence-corrected chi connectivity index (χ3v) is 3.33. The molecule has 1 aliphatic rings. The van der Waals surface area contributed by atoms with Crippen LogP contribution in [0.15, 0.2) is 18.2 Å². The Labute approximate surface area is 111 Å². The maximum atomic E-state index is 13.4. The van der Waals surface area contributed by atoms with Gasteiger partial charge in [0.15, 0.2) is 0 Å². The van der Waals surface area contributed by atoms with Crippen LogP contribution in [0.2, 0.25) is 0 Å². The average Bonchev–Trinajstić information content (AvgIpc) is 2.37. The molecule has 1 aliphatic heterocycles. The van der Waals surface area contributed by atoms with Gasteiger partial charge in [0.2, 0.25) is 0 Å². The van der Waals surface area contributed by atoms with E-state index in [0.717, 1.165) is 0 Å². The molecule has 1 heterocycles. The van der Waals surface area contributed by atoms with Crippen LogP contribution in [0, 0.1) is 11.7 Å². The summed E-state index contributed by atoms with van der Waals surface area (Å²) in [5.41, 5.74) is 0.529. The van der Waals surface area contributed by atoms with Gasteiger partial charge < -0.3 is 14.2 Å². The second-order valence-electron chi connectivity index (χ2n) is 4.60. The smallest absolute Gasteiger partial charge is 0.313 e. The number of hydrogen-bond acceptors (Lipinski definition) is 4. The van der Waals surface area contributed by atoms with E-state index in [4.69, 9.17) is 14.2 Å². The van der Waals surface area contributed by atoms with Gasteiger partial charge >= 0.3 is 5.97 Å². The van der Waals surface area contributed by atoms with Crippen molar-refractivity contribution in [1.82, 2.24) is 0 Å². The van der Waals surface area contributed by atoms with Crippen molar-refractivity contribution in [3.63, 3.8) is 0 Å². The summed E-state index contributed by atoms with van der Waals surface area (Å²) in [6, 6.07) is 4.17. The zero-order chi connectivity index (χ0) is 13.8. The van der Waals surface area contributed by atoms with E-state index < -0.39 is 11.7 Å². The minimum Gasteiger partial charge on any atom is -0.496 e. The van der Waals surface area contributed by atoms with Crippen molar-refractivity contribution < 1.29 is 23.4 Å². The fourth-order valence-corrected chi connectivity index (χ4v) is 2.22. The lowest BCUT2D eigenvalue weighted by atomic mass is 9.87. The van der Waals surface area contributed by atoms with E-state index in [9.17, 15) is 9.18 Å². The molecule has 0 bridgehead atoms. The molecule has 0 radical (unpaired) electrons. The van der Waals surface area contributed by atoms with E-state index in [2.05, 4.69) is 0 Å². The Bertz CT molecular complexity index is 457. The van der Waals surface area contributed by atoms with E-state index in [1.165, 1.54) is 32.4 Å². The quantitative estimate of drug-likeness (QED) is 0.767. The van der Waals surface area contributed by atoms with Crippen molar-refractivity contribution in [3.05, 3.63) is 29.6 Å². The molecule has 5 heteroatoms. The summed E-state index contributed by atoms with van der Waals surface area (Å²) in [6.45, 7) is 1.26. The lowest BCUT2D eigenvalue weighted by Crippen LogP contribution is -2.31. The van der Waals surface area contributed by atoms with Crippen LogP contribution in [-0.4, -0.2) is 33.4 Å². The lowest BCUT2D eigenvalue weighted by molar-refractivity contribution is -0.144. The number of carbonyl (C=O) groups excluding carboxylic acids is 1. The highest BCUT2D eigenvalue weighted by atomic mass is 19.1. The summed E-state index contributed by atoms with van der Waals surface area (Å²) in [5, 5.41) is 0. The Balaban J connectivity index is 2.29.